The van der Waals surface area contributed by atoms with Crippen molar-refractivity contribution < 1.29 is 0 Å². The van der Waals surface area contributed by atoms with Crippen molar-refractivity contribution in [1.82, 2.24) is 19.3 Å². The van der Waals surface area contributed by atoms with Gasteiger partial charge in [0.1, 0.15) is 11.5 Å². The van der Waals surface area contributed by atoms with Gasteiger partial charge in [-0.15, -0.1) is 0 Å². The minimum Gasteiger partial charge on any atom is -0.333 e. The summed E-state index contributed by atoms with van der Waals surface area (Å²) in [7, 11) is 3.83. The van der Waals surface area contributed by atoms with Gasteiger partial charge in [0.25, 0.3) is 0 Å². The molecule has 6 heteroatoms. The Hall–Kier alpha value is -3.15. The zero-order valence-electron chi connectivity index (χ0n) is 14.1. The summed E-state index contributed by atoms with van der Waals surface area (Å²) in [5.41, 5.74) is 3.60. The van der Waals surface area contributed by atoms with Crippen LogP contribution in [-0.4, -0.2) is 19.3 Å². The predicted octanol–water partition coefficient (Wildman–Crippen LogP) is 2.61. The number of aryl methyl sites for hydroxylation is 3. The molecule has 0 aliphatic heterocycles. The monoisotopic (exact) mass is 320 g/mol. The molecule has 0 aliphatic rings. The van der Waals surface area contributed by atoms with E-state index in [1.165, 1.54) is 0 Å². The molecular formula is C18H20N6. The summed E-state index contributed by atoms with van der Waals surface area (Å²) in [6.45, 7) is 5.98. The van der Waals surface area contributed by atoms with E-state index < -0.39 is 0 Å². The zero-order chi connectivity index (χ0) is 17.1. The van der Waals surface area contributed by atoms with Crippen LogP contribution < -0.4 is 10.8 Å². The van der Waals surface area contributed by atoms with E-state index in [0.717, 1.165) is 28.3 Å². The molecule has 0 spiro atoms. The third-order valence-corrected chi connectivity index (χ3v) is 3.71. The second-order valence-corrected chi connectivity index (χ2v) is 5.55. The van der Waals surface area contributed by atoms with Crippen LogP contribution in [0.4, 0.5) is 5.82 Å². The highest BCUT2D eigenvalue weighted by Gasteiger charge is 2.06. The number of hydrogen-bond acceptors (Lipinski definition) is 4. The van der Waals surface area contributed by atoms with Gasteiger partial charge < -0.3 is 9.88 Å². The van der Waals surface area contributed by atoms with Gasteiger partial charge in [-0.05, 0) is 6.92 Å². The summed E-state index contributed by atoms with van der Waals surface area (Å²) in [5.74, 6) is 1.23. The highest BCUT2D eigenvalue weighted by molar-refractivity contribution is 5.57. The van der Waals surface area contributed by atoms with Gasteiger partial charge in [0.15, 0.2) is 11.3 Å². The van der Waals surface area contributed by atoms with Crippen molar-refractivity contribution in [2.45, 2.75) is 6.92 Å². The summed E-state index contributed by atoms with van der Waals surface area (Å²) < 4.78 is 3.72. The number of hydrogen-bond donors (Lipinski definition) is 1. The lowest BCUT2D eigenvalue weighted by Crippen LogP contribution is -2.22. The van der Waals surface area contributed by atoms with Crippen molar-refractivity contribution >= 4 is 5.82 Å². The molecule has 0 fully saturated rings. The Balaban J connectivity index is 1.99. The minimum absolute atomic E-state index is 0.508. The summed E-state index contributed by atoms with van der Waals surface area (Å²) >= 11 is 0. The highest BCUT2D eigenvalue weighted by atomic mass is 15.3. The maximum Gasteiger partial charge on any atom is 0.161 e. The number of benzene rings is 1. The molecule has 2 heterocycles. The Kier molecular flexibility index (Phi) is 4.29. The fraction of sp³-hybridized carbons (Fsp3) is 0.167. The first-order chi connectivity index (χ1) is 11.5. The number of anilines is 1. The average Bonchev–Trinajstić information content (AvgIpc) is 2.87. The van der Waals surface area contributed by atoms with Gasteiger partial charge in [0.05, 0.1) is 0 Å². The largest absolute Gasteiger partial charge is 0.333 e. The molecule has 0 aliphatic carbocycles. The molecule has 122 valence electrons. The highest BCUT2D eigenvalue weighted by Crippen LogP contribution is 2.12. The van der Waals surface area contributed by atoms with Crippen LogP contribution in [0.15, 0.2) is 66.2 Å². The van der Waals surface area contributed by atoms with Gasteiger partial charge >= 0.3 is 0 Å². The maximum atomic E-state index is 4.61. The Morgan fingerprint density at radius 2 is 1.96 bits per heavy atom. The number of nitrogens with one attached hydrogen (secondary N) is 1. The molecule has 0 saturated carbocycles. The lowest BCUT2D eigenvalue weighted by molar-refractivity contribution is 0.742. The quantitative estimate of drug-likeness (QED) is 0.804. The molecule has 1 aromatic carbocycles. The first-order valence-electron chi connectivity index (χ1n) is 7.63. The molecule has 2 aromatic heterocycles. The van der Waals surface area contributed by atoms with Crippen molar-refractivity contribution in [2.24, 2.45) is 19.1 Å². The van der Waals surface area contributed by atoms with Crippen LogP contribution in [0.3, 0.4) is 0 Å². The van der Waals surface area contributed by atoms with E-state index in [2.05, 4.69) is 27.0 Å². The van der Waals surface area contributed by atoms with E-state index in [1.807, 2.05) is 68.2 Å². The van der Waals surface area contributed by atoms with Gasteiger partial charge in [0, 0.05) is 43.8 Å². The first kappa shape index (κ1) is 15.7. The summed E-state index contributed by atoms with van der Waals surface area (Å²) in [4.78, 5) is 9.10. The van der Waals surface area contributed by atoms with Crippen molar-refractivity contribution in [2.75, 3.05) is 5.32 Å². The van der Waals surface area contributed by atoms with Crippen LogP contribution in [0.25, 0.3) is 11.3 Å². The standard InChI is InChI=1S/C18H20N6/c1-13-12-16(22-24(13)4)20-14(2)21-18-17(19-10-11-23(18)3)15-8-6-5-7-9-15/h5-12H,2H2,1,3-4H3,(H,20,22)/b21-18-. The first-order valence-corrected chi connectivity index (χ1v) is 7.63. The minimum atomic E-state index is 0.508. The van der Waals surface area contributed by atoms with Crippen LogP contribution in [-0.2, 0) is 14.1 Å². The van der Waals surface area contributed by atoms with E-state index >= 15 is 0 Å². The fourth-order valence-electron chi connectivity index (χ4n) is 2.36. The molecule has 0 unspecified atom stereocenters. The van der Waals surface area contributed by atoms with Crippen LogP contribution in [0, 0.1) is 6.92 Å². The third-order valence-electron chi connectivity index (χ3n) is 3.71. The summed E-state index contributed by atoms with van der Waals surface area (Å²) in [6.07, 6.45) is 3.63. The number of rotatable bonds is 4. The second-order valence-electron chi connectivity index (χ2n) is 5.55. The summed E-state index contributed by atoms with van der Waals surface area (Å²) in [6, 6.07) is 11.9. The van der Waals surface area contributed by atoms with E-state index in [4.69, 9.17) is 0 Å². The third kappa shape index (κ3) is 3.27. The Labute approximate surface area is 140 Å². The smallest absolute Gasteiger partial charge is 0.161 e. The molecular weight excluding hydrogens is 300 g/mol. The average molecular weight is 320 g/mol. The molecule has 3 aromatic rings. The van der Waals surface area contributed by atoms with E-state index in [1.54, 1.807) is 10.9 Å². The zero-order valence-corrected chi connectivity index (χ0v) is 14.1. The van der Waals surface area contributed by atoms with Crippen molar-refractivity contribution in [3.8, 4) is 11.3 Å². The molecule has 0 amide bonds. The normalized spacial score (nSPS) is 11.5. The van der Waals surface area contributed by atoms with Crippen LogP contribution in [0.1, 0.15) is 5.69 Å². The van der Waals surface area contributed by atoms with E-state index in [0.29, 0.717) is 5.82 Å². The van der Waals surface area contributed by atoms with Gasteiger partial charge in [-0.25, -0.2) is 4.99 Å². The van der Waals surface area contributed by atoms with Gasteiger partial charge in [0.2, 0.25) is 0 Å². The topological polar surface area (TPSA) is 60.0 Å². The Bertz CT molecular complexity index is 914. The predicted molar refractivity (Wildman–Crippen MR) is 94.9 cm³/mol. The van der Waals surface area contributed by atoms with Crippen molar-refractivity contribution in [1.29, 1.82) is 0 Å². The second kappa shape index (κ2) is 6.54. The molecule has 3 rings (SSSR count). The molecule has 0 saturated heterocycles. The molecule has 1 N–H and O–H groups in total. The molecule has 24 heavy (non-hydrogen) atoms. The van der Waals surface area contributed by atoms with Gasteiger partial charge in [-0.3, -0.25) is 9.67 Å². The number of nitrogens with zero attached hydrogens (tertiary/aromatic N) is 5. The summed E-state index contributed by atoms with van der Waals surface area (Å²) in [5, 5.41) is 7.48. The lowest BCUT2D eigenvalue weighted by Gasteiger charge is -2.07. The van der Waals surface area contributed by atoms with Crippen LogP contribution >= 0.6 is 0 Å². The number of aromatic nitrogens is 4. The Morgan fingerprint density at radius 1 is 1.21 bits per heavy atom. The van der Waals surface area contributed by atoms with Gasteiger partial charge in [-0.1, -0.05) is 36.9 Å². The SMILES string of the molecule is C=C(/N=c1/c(-c2ccccc2)nccn1C)Nc1cc(C)n(C)n1. The van der Waals surface area contributed by atoms with E-state index in [-0.39, 0.29) is 0 Å². The maximum absolute atomic E-state index is 4.61. The lowest BCUT2D eigenvalue weighted by atomic mass is 10.1. The molecule has 0 atom stereocenters. The van der Waals surface area contributed by atoms with E-state index in [9.17, 15) is 0 Å². The van der Waals surface area contributed by atoms with Crippen LogP contribution in [0.2, 0.25) is 0 Å². The van der Waals surface area contributed by atoms with Crippen molar-refractivity contribution in [3.63, 3.8) is 0 Å². The molecule has 6 nitrogen and oxygen atoms in total. The molecule has 0 bridgehead atoms. The molecule has 0 radical (unpaired) electrons. The fourth-order valence-corrected chi connectivity index (χ4v) is 2.36. The Morgan fingerprint density at radius 3 is 2.62 bits per heavy atom. The van der Waals surface area contributed by atoms with Crippen LogP contribution in [0.5, 0.6) is 0 Å². The van der Waals surface area contributed by atoms with Crippen molar-refractivity contribution in [3.05, 3.63) is 72.4 Å². The van der Waals surface area contributed by atoms with Gasteiger partial charge in [-0.2, -0.15) is 5.10 Å².